The molecular weight excluding hydrogens is 368 g/mol. The van der Waals surface area contributed by atoms with E-state index in [4.69, 9.17) is 4.74 Å². The molecule has 2 aromatic heterocycles. The number of methoxy groups -OCH3 is 1. The van der Waals surface area contributed by atoms with Gasteiger partial charge in [0.2, 0.25) is 5.91 Å². The smallest absolute Gasteiger partial charge is 0.246 e. The Morgan fingerprint density at radius 3 is 2.76 bits per heavy atom. The van der Waals surface area contributed by atoms with Crippen LogP contribution in [0, 0.1) is 13.8 Å². The molecule has 1 amide bonds. The summed E-state index contributed by atoms with van der Waals surface area (Å²) in [6.45, 7) is 4.50. The number of para-hydroxylation sites is 1. The van der Waals surface area contributed by atoms with Crippen LogP contribution in [0.1, 0.15) is 17.0 Å². The van der Waals surface area contributed by atoms with E-state index in [0.717, 1.165) is 39.4 Å². The average molecular weight is 390 g/mol. The first kappa shape index (κ1) is 18.7. The highest BCUT2D eigenvalue weighted by atomic mass is 16.5. The Morgan fingerprint density at radius 1 is 1.10 bits per heavy atom. The summed E-state index contributed by atoms with van der Waals surface area (Å²) in [5, 5.41) is 15.7. The summed E-state index contributed by atoms with van der Waals surface area (Å²) >= 11 is 0. The van der Waals surface area contributed by atoms with Gasteiger partial charge in [0, 0.05) is 0 Å². The van der Waals surface area contributed by atoms with Gasteiger partial charge in [-0.15, -0.1) is 5.10 Å². The fraction of sp³-hybridized carbons (Fsp3) is 0.238. The number of nitrogens with one attached hydrogen (secondary N) is 1. The third kappa shape index (κ3) is 3.82. The van der Waals surface area contributed by atoms with Crippen molar-refractivity contribution < 1.29 is 9.53 Å². The Morgan fingerprint density at radius 2 is 1.93 bits per heavy atom. The number of carbonyl (C=O) groups excluding carboxylic acids is 1. The molecule has 0 bridgehead atoms. The SMILES string of the molecule is COc1cccc(Cn2nc(C)c(NC(=O)Cn3nnc4ccccc43)c2C)c1. The topological polar surface area (TPSA) is 86.9 Å². The van der Waals surface area contributed by atoms with Gasteiger partial charge < -0.3 is 10.1 Å². The van der Waals surface area contributed by atoms with E-state index in [0.29, 0.717) is 6.54 Å². The lowest BCUT2D eigenvalue weighted by Crippen LogP contribution is -2.20. The van der Waals surface area contributed by atoms with Crippen LogP contribution in [-0.2, 0) is 17.9 Å². The quantitative estimate of drug-likeness (QED) is 0.547. The van der Waals surface area contributed by atoms with Crippen molar-refractivity contribution in [3.8, 4) is 5.75 Å². The van der Waals surface area contributed by atoms with E-state index >= 15 is 0 Å². The third-order valence-corrected chi connectivity index (χ3v) is 4.83. The minimum Gasteiger partial charge on any atom is -0.497 e. The molecule has 0 aliphatic carbocycles. The summed E-state index contributed by atoms with van der Waals surface area (Å²) in [4.78, 5) is 12.6. The van der Waals surface area contributed by atoms with Gasteiger partial charge in [-0.3, -0.25) is 9.48 Å². The number of carbonyl (C=O) groups is 1. The number of rotatable bonds is 6. The number of fused-ring (bicyclic) bond motifs is 1. The molecule has 4 aromatic rings. The average Bonchev–Trinajstić information content (AvgIpc) is 3.24. The molecule has 0 fully saturated rings. The van der Waals surface area contributed by atoms with Crippen molar-refractivity contribution in [3.05, 3.63) is 65.5 Å². The molecule has 29 heavy (non-hydrogen) atoms. The standard InChI is InChI=1S/C21H22N6O2/c1-14-21(15(2)26(24-14)12-16-7-6-8-17(11-16)29-3)22-20(28)13-27-19-10-5-4-9-18(19)23-25-27/h4-11H,12-13H2,1-3H3,(H,22,28). The first-order chi connectivity index (χ1) is 14.0. The fourth-order valence-corrected chi connectivity index (χ4v) is 3.32. The summed E-state index contributed by atoms with van der Waals surface area (Å²) in [5.41, 5.74) is 5.04. The third-order valence-electron chi connectivity index (χ3n) is 4.83. The molecule has 0 unspecified atom stereocenters. The predicted molar refractivity (Wildman–Crippen MR) is 110 cm³/mol. The largest absolute Gasteiger partial charge is 0.497 e. The highest BCUT2D eigenvalue weighted by Gasteiger charge is 2.16. The molecule has 148 valence electrons. The highest BCUT2D eigenvalue weighted by Crippen LogP contribution is 2.22. The van der Waals surface area contributed by atoms with Crippen LogP contribution in [0.5, 0.6) is 5.75 Å². The number of benzene rings is 2. The number of ether oxygens (including phenoxy) is 1. The minimum absolute atomic E-state index is 0.0838. The van der Waals surface area contributed by atoms with Gasteiger partial charge in [0.05, 0.1) is 36.2 Å². The van der Waals surface area contributed by atoms with Crippen LogP contribution in [-0.4, -0.2) is 37.8 Å². The number of aromatic nitrogens is 5. The highest BCUT2D eigenvalue weighted by molar-refractivity contribution is 5.92. The molecule has 1 N–H and O–H groups in total. The molecule has 0 spiro atoms. The summed E-state index contributed by atoms with van der Waals surface area (Å²) < 4.78 is 8.76. The van der Waals surface area contributed by atoms with E-state index in [2.05, 4.69) is 20.7 Å². The Labute approximate surface area is 168 Å². The van der Waals surface area contributed by atoms with Crippen molar-refractivity contribution in [1.29, 1.82) is 0 Å². The van der Waals surface area contributed by atoms with Crippen LogP contribution in [0.4, 0.5) is 5.69 Å². The van der Waals surface area contributed by atoms with E-state index in [-0.39, 0.29) is 12.5 Å². The van der Waals surface area contributed by atoms with E-state index in [1.807, 2.05) is 67.1 Å². The van der Waals surface area contributed by atoms with Crippen molar-refractivity contribution in [3.63, 3.8) is 0 Å². The van der Waals surface area contributed by atoms with Gasteiger partial charge in [-0.05, 0) is 43.7 Å². The lowest BCUT2D eigenvalue weighted by molar-refractivity contribution is -0.116. The lowest BCUT2D eigenvalue weighted by Gasteiger charge is -2.08. The van der Waals surface area contributed by atoms with Gasteiger partial charge in [0.1, 0.15) is 17.8 Å². The maximum absolute atomic E-state index is 12.6. The molecule has 2 heterocycles. The van der Waals surface area contributed by atoms with Gasteiger partial charge in [0.25, 0.3) is 0 Å². The van der Waals surface area contributed by atoms with Crippen molar-refractivity contribution in [2.24, 2.45) is 0 Å². The Hall–Kier alpha value is -3.68. The van der Waals surface area contributed by atoms with Crippen molar-refractivity contribution in [1.82, 2.24) is 24.8 Å². The van der Waals surface area contributed by atoms with Crippen LogP contribution in [0.15, 0.2) is 48.5 Å². The minimum atomic E-state index is -0.173. The van der Waals surface area contributed by atoms with E-state index in [9.17, 15) is 4.79 Å². The first-order valence-corrected chi connectivity index (χ1v) is 9.30. The Bertz CT molecular complexity index is 1180. The molecule has 2 aromatic carbocycles. The zero-order valence-corrected chi connectivity index (χ0v) is 16.6. The number of amides is 1. The predicted octanol–water partition coefficient (Wildman–Crippen LogP) is 2.94. The summed E-state index contributed by atoms with van der Waals surface area (Å²) in [7, 11) is 1.65. The molecule has 0 saturated heterocycles. The zero-order chi connectivity index (χ0) is 20.4. The van der Waals surface area contributed by atoms with Crippen LogP contribution in [0.3, 0.4) is 0 Å². The van der Waals surface area contributed by atoms with E-state index in [1.54, 1.807) is 11.8 Å². The zero-order valence-electron chi connectivity index (χ0n) is 16.6. The first-order valence-electron chi connectivity index (χ1n) is 9.30. The number of hydrogen-bond acceptors (Lipinski definition) is 5. The van der Waals surface area contributed by atoms with E-state index < -0.39 is 0 Å². The lowest BCUT2D eigenvalue weighted by atomic mass is 10.2. The monoisotopic (exact) mass is 390 g/mol. The van der Waals surface area contributed by atoms with Crippen LogP contribution < -0.4 is 10.1 Å². The second kappa shape index (κ2) is 7.75. The Balaban J connectivity index is 1.51. The summed E-state index contributed by atoms with van der Waals surface area (Å²) in [5.74, 6) is 0.630. The molecular formula is C21H22N6O2. The van der Waals surface area contributed by atoms with Crippen molar-refractivity contribution in [2.45, 2.75) is 26.9 Å². The maximum Gasteiger partial charge on any atom is 0.246 e. The molecule has 0 aliphatic heterocycles. The second-order valence-electron chi connectivity index (χ2n) is 6.84. The summed E-state index contributed by atoms with van der Waals surface area (Å²) in [6.07, 6.45) is 0. The fourth-order valence-electron chi connectivity index (χ4n) is 3.32. The number of anilines is 1. The van der Waals surface area contributed by atoms with Crippen molar-refractivity contribution in [2.75, 3.05) is 12.4 Å². The molecule has 0 radical (unpaired) electrons. The van der Waals surface area contributed by atoms with Gasteiger partial charge in [-0.1, -0.05) is 29.5 Å². The van der Waals surface area contributed by atoms with Gasteiger partial charge in [0.15, 0.2) is 0 Å². The molecule has 8 nitrogen and oxygen atoms in total. The molecule has 0 atom stereocenters. The second-order valence-corrected chi connectivity index (χ2v) is 6.84. The van der Waals surface area contributed by atoms with Crippen LogP contribution >= 0.6 is 0 Å². The normalized spacial score (nSPS) is 11.0. The molecule has 0 saturated carbocycles. The molecule has 4 rings (SSSR count). The number of nitrogens with zero attached hydrogens (tertiary/aromatic N) is 5. The van der Waals surface area contributed by atoms with Crippen LogP contribution in [0.25, 0.3) is 11.0 Å². The van der Waals surface area contributed by atoms with E-state index in [1.165, 1.54) is 0 Å². The number of hydrogen-bond donors (Lipinski definition) is 1. The summed E-state index contributed by atoms with van der Waals surface area (Å²) in [6, 6.07) is 15.4. The van der Waals surface area contributed by atoms with Gasteiger partial charge in [-0.2, -0.15) is 5.10 Å². The Kier molecular flexibility index (Phi) is 4.99. The number of aryl methyl sites for hydroxylation is 1. The van der Waals surface area contributed by atoms with Gasteiger partial charge in [-0.25, -0.2) is 4.68 Å². The molecule has 0 aliphatic rings. The van der Waals surface area contributed by atoms with Gasteiger partial charge >= 0.3 is 0 Å². The molecule has 8 heteroatoms. The van der Waals surface area contributed by atoms with Crippen LogP contribution in [0.2, 0.25) is 0 Å². The maximum atomic E-state index is 12.6. The van der Waals surface area contributed by atoms with Crippen molar-refractivity contribution >= 4 is 22.6 Å².